The van der Waals surface area contributed by atoms with Crippen LogP contribution in [0.15, 0.2) is 6.07 Å². The van der Waals surface area contributed by atoms with Crippen molar-refractivity contribution in [1.82, 2.24) is 14.5 Å². The molecule has 6 heteroatoms. The van der Waals surface area contributed by atoms with E-state index in [-0.39, 0.29) is 0 Å². The van der Waals surface area contributed by atoms with Crippen molar-refractivity contribution in [3.63, 3.8) is 0 Å². The number of nitrogen functional groups attached to an aromatic ring is 1. The molecule has 6 nitrogen and oxygen atoms in total. The van der Waals surface area contributed by atoms with Crippen LogP contribution in [0.2, 0.25) is 0 Å². The maximum absolute atomic E-state index is 5.55. The van der Waals surface area contributed by atoms with Crippen LogP contribution in [0.5, 0.6) is 0 Å². The summed E-state index contributed by atoms with van der Waals surface area (Å²) < 4.78 is 7.72. The second kappa shape index (κ2) is 6.19. The lowest BCUT2D eigenvalue weighted by molar-refractivity contribution is 0.125. The van der Waals surface area contributed by atoms with Crippen LogP contribution >= 0.6 is 0 Å². The molecule has 3 N–H and O–H groups in total. The number of aromatic nitrogens is 3. The van der Waals surface area contributed by atoms with Gasteiger partial charge in [0.05, 0.1) is 5.52 Å². The van der Waals surface area contributed by atoms with Crippen LogP contribution in [0.1, 0.15) is 32.3 Å². The third kappa shape index (κ3) is 2.91. The third-order valence-corrected chi connectivity index (χ3v) is 3.06. The summed E-state index contributed by atoms with van der Waals surface area (Å²) in [6, 6.07) is 2.04. The zero-order chi connectivity index (χ0) is 14.7. The first kappa shape index (κ1) is 14.7. The molecule has 0 aromatic carbocycles. The van der Waals surface area contributed by atoms with Crippen molar-refractivity contribution < 1.29 is 4.74 Å². The SMILES string of the molecule is CCOCc1nc2c(NN)nc(C)cc2n1CC(C)C. The van der Waals surface area contributed by atoms with Gasteiger partial charge in [0.2, 0.25) is 0 Å². The Hall–Kier alpha value is -1.66. The van der Waals surface area contributed by atoms with Gasteiger partial charge in [-0.2, -0.15) is 0 Å². The van der Waals surface area contributed by atoms with Crippen LogP contribution in [-0.2, 0) is 17.9 Å². The fraction of sp³-hybridized carbons (Fsp3) is 0.571. The molecule has 0 amide bonds. The molecule has 20 heavy (non-hydrogen) atoms. The molecule has 110 valence electrons. The van der Waals surface area contributed by atoms with Gasteiger partial charge in [-0.1, -0.05) is 13.8 Å². The minimum atomic E-state index is 0.501. The number of hydrazine groups is 1. The van der Waals surface area contributed by atoms with Crippen molar-refractivity contribution in [2.45, 2.75) is 40.8 Å². The van der Waals surface area contributed by atoms with Crippen LogP contribution in [0.3, 0.4) is 0 Å². The van der Waals surface area contributed by atoms with Crippen LogP contribution < -0.4 is 11.3 Å². The second-order valence-corrected chi connectivity index (χ2v) is 5.29. The molecule has 0 bridgehead atoms. The lowest BCUT2D eigenvalue weighted by atomic mass is 10.2. The van der Waals surface area contributed by atoms with Gasteiger partial charge in [0, 0.05) is 18.8 Å². The molecule has 0 spiro atoms. The number of anilines is 1. The lowest BCUT2D eigenvalue weighted by Crippen LogP contribution is -2.11. The number of hydrogen-bond donors (Lipinski definition) is 2. The summed E-state index contributed by atoms with van der Waals surface area (Å²) in [5.41, 5.74) is 5.40. The van der Waals surface area contributed by atoms with Crippen molar-refractivity contribution in [3.8, 4) is 0 Å². The standard InChI is InChI=1S/C14H23N5O/c1-5-20-8-12-17-13-11(19(12)7-9(2)3)6-10(4)16-14(13)18-15/h6,9H,5,7-8,15H2,1-4H3,(H,16,18). The van der Waals surface area contributed by atoms with E-state index in [0.717, 1.165) is 29.1 Å². The molecule has 0 radical (unpaired) electrons. The van der Waals surface area contributed by atoms with E-state index in [1.54, 1.807) is 0 Å². The van der Waals surface area contributed by atoms with Gasteiger partial charge in [-0.15, -0.1) is 0 Å². The summed E-state index contributed by atoms with van der Waals surface area (Å²) in [5.74, 6) is 7.60. The van der Waals surface area contributed by atoms with Gasteiger partial charge in [-0.05, 0) is 25.8 Å². The molecule has 0 unspecified atom stereocenters. The fourth-order valence-corrected chi connectivity index (χ4v) is 2.27. The molecular weight excluding hydrogens is 254 g/mol. The normalized spacial score (nSPS) is 11.5. The predicted molar refractivity (Wildman–Crippen MR) is 80.2 cm³/mol. The molecule has 0 saturated heterocycles. The summed E-state index contributed by atoms with van der Waals surface area (Å²) in [7, 11) is 0. The van der Waals surface area contributed by atoms with Gasteiger partial charge in [0.15, 0.2) is 5.82 Å². The van der Waals surface area contributed by atoms with E-state index in [9.17, 15) is 0 Å². The van der Waals surface area contributed by atoms with E-state index in [1.807, 2.05) is 19.9 Å². The Bertz CT molecular complexity index is 591. The Morgan fingerprint density at radius 1 is 1.40 bits per heavy atom. The van der Waals surface area contributed by atoms with E-state index in [0.29, 0.717) is 24.9 Å². The van der Waals surface area contributed by atoms with Crippen LogP contribution in [0.4, 0.5) is 5.82 Å². The number of imidazole rings is 1. The number of ether oxygens (including phenoxy) is 1. The largest absolute Gasteiger partial charge is 0.374 e. The Labute approximate surface area is 119 Å². The van der Waals surface area contributed by atoms with E-state index in [4.69, 9.17) is 10.6 Å². The quantitative estimate of drug-likeness (QED) is 0.625. The second-order valence-electron chi connectivity index (χ2n) is 5.29. The molecule has 0 saturated carbocycles. The molecule has 2 heterocycles. The number of pyridine rings is 1. The first-order valence-corrected chi connectivity index (χ1v) is 6.97. The maximum Gasteiger partial charge on any atom is 0.168 e. The predicted octanol–water partition coefficient (Wildman–Crippen LogP) is 2.22. The number of hydrogen-bond acceptors (Lipinski definition) is 5. The maximum atomic E-state index is 5.55. The molecule has 0 aliphatic heterocycles. The average Bonchev–Trinajstić information content (AvgIpc) is 2.73. The highest BCUT2D eigenvalue weighted by molar-refractivity contribution is 5.86. The molecule has 0 atom stereocenters. The minimum Gasteiger partial charge on any atom is -0.374 e. The first-order chi connectivity index (χ1) is 9.56. The number of nitrogens with one attached hydrogen (secondary N) is 1. The smallest absolute Gasteiger partial charge is 0.168 e. The zero-order valence-corrected chi connectivity index (χ0v) is 12.6. The lowest BCUT2D eigenvalue weighted by Gasteiger charge is -2.12. The fourth-order valence-electron chi connectivity index (χ4n) is 2.27. The number of fused-ring (bicyclic) bond motifs is 1. The highest BCUT2D eigenvalue weighted by atomic mass is 16.5. The Balaban J connectivity index is 2.58. The number of nitrogens with two attached hydrogens (primary N) is 1. The summed E-state index contributed by atoms with van der Waals surface area (Å²) in [4.78, 5) is 9.03. The highest BCUT2D eigenvalue weighted by Gasteiger charge is 2.16. The van der Waals surface area contributed by atoms with Crippen molar-refractivity contribution >= 4 is 16.9 Å². The summed E-state index contributed by atoms with van der Waals surface area (Å²) in [5, 5.41) is 0. The molecular formula is C14H23N5O. The topological polar surface area (TPSA) is 78.0 Å². The van der Waals surface area contributed by atoms with Crippen LogP contribution in [0.25, 0.3) is 11.0 Å². The summed E-state index contributed by atoms with van der Waals surface area (Å²) >= 11 is 0. The van der Waals surface area contributed by atoms with E-state index in [2.05, 4.69) is 33.8 Å². The van der Waals surface area contributed by atoms with Gasteiger partial charge < -0.3 is 14.7 Å². The average molecular weight is 277 g/mol. The van der Waals surface area contributed by atoms with Gasteiger partial charge >= 0.3 is 0 Å². The monoisotopic (exact) mass is 277 g/mol. The molecule has 2 rings (SSSR count). The highest BCUT2D eigenvalue weighted by Crippen LogP contribution is 2.24. The molecule has 0 fully saturated rings. The van der Waals surface area contributed by atoms with Gasteiger partial charge in [0.25, 0.3) is 0 Å². The van der Waals surface area contributed by atoms with Gasteiger partial charge in [0.1, 0.15) is 17.9 Å². The Morgan fingerprint density at radius 3 is 2.75 bits per heavy atom. The van der Waals surface area contributed by atoms with Crippen LogP contribution in [-0.4, -0.2) is 21.1 Å². The Kier molecular flexibility index (Phi) is 4.57. The molecule has 2 aromatic rings. The number of nitrogens with zero attached hydrogens (tertiary/aromatic N) is 3. The van der Waals surface area contributed by atoms with Crippen LogP contribution in [0, 0.1) is 12.8 Å². The first-order valence-electron chi connectivity index (χ1n) is 6.97. The molecule has 0 aliphatic rings. The van der Waals surface area contributed by atoms with Gasteiger partial charge in [-0.3, -0.25) is 0 Å². The Morgan fingerprint density at radius 2 is 2.15 bits per heavy atom. The van der Waals surface area contributed by atoms with E-state index < -0.39 is 0 Å². The van der Waals surface area contributed by atoms with E-state index >= 15 is 0 Å². The van der Waals surface area contributed by atoms with Crippen molar-refractivity contribution in [1.29, 1.82) is 0 Å². The van der Waals surface area contributed by atoms with Crippen molar-refractivity contribution in [2.75, 3.05) is 12.0 Å². The summed E-state index contributed by atoms with van der Waals surface area (Å²) in [6.45, 7) is 10.4. The van der Waals surface area contributed by atoms with Crippen molar-refractivity contribution in [3.05, 3.63) is 17.6 Å². The zero-order valence-electron chi connectivity index (χ0n) is 12.6. The molecule has 2 aromatic heterocycles. The van der Waals surface area contributed by atoms with E-state index in [1.165, 1.54) is 0 Å². The third-order valence-electron chi connectivity index (χ3n) is 3.06. The van der Waals surface area contributed by atoms with Gasteiger partial charge in [-0.25, -0.2) is 15.8 Å². The minimum absolute atomic E-state index is 0.501. The number of aryl methyl sites for hydroxylation is 1. The molecule has 0 aliphatic carbocycles. The summed E-state index contributed by atoms with van der Waals surface area (Å²) in [6.07, 6.45) is 0. The number of rotatable bonds is 6. The van der Waals surface area contributed by atoms with Crippen molar-refractivity contribution in [2.24, 2.45) is 11.8 Å².